The summed E-state index contributed by atoms with van der Waals surface area (Å²) < 4.78 is 5.77. The maximum absolute atomic E-state index is 12.0. The summed E-state index contributed by atoms with van der Waals surface area (Å²) in [6, 6.07) is 7.59. The van der Waals surface area contributed by atoms with Gasteiger partial charge in [-0.2, -0.15) is 0 Å². The van der Waals surface area contributed by atoms with E-state index in [9.17, 15) is 9.59 Å². The largest absolute Gasteiger partial charge is 0.481 e. The summed E-state index contributed by atoms with van der Waals surface area (Å²) in [4.78, 5) is 23.0. The molecule has 1 aromatic carbocycles. The summed E-state index contributed by atoms with van der Waals surface area (Å²) in [7, 11) is 0. The SMILES string of the molecule is Cc1c(CNC(=O)NC2CCC(C(=O)O)CC2)oc2ccccc12. The van der Waals surface area contributed by atoms with Crippen molar-refractivity contribution in [1.82, 2.24) is 10.6 Å². The first kappa shape index (κ1) is 16.4. The van der Waals surface area contributed by atoms with Gasteiger partial charge in [-0.3, -0.25) is 4.79 Å². The van der Waals surface area contributed by atoms with Crippen LogP contribution in [0.15, 0.2) is 28.7 Å². The zero-order valence-electron chi connectivity index (χ0n) is 13.7. The van der Waals surface area contributed by atoms with Gasteiger partial charge >= 0.3 is 12.0 Å². The molecule has 24 heavy (non-hydrogen) atoms. The average Bonchev–Trinajstić information content (AvgIpc) is 2.90. The minimum atomic E-state index is -0.738. The molecule has 2 amide bonds. The molecule has 0 saturated heterocycles. The number of aliphatic carboxylic acids is 1. The zero-order valence-corrected chi connectivity index (χ0v) is 13.7. The van der Waals surface area contributed by atoms with E-state index in [1.807, 2.05) is 31.2 Å². The van der Waals surface area contributed by atoms with Crippen LogP contribution in [0.2, 0.25) is 0 Å². The molecule has 128 valence electrons. The van der Waals surface area contributed by atoms with Crippen LogP contribution in [0.3, 0.4) is 0 Å². The Hall–Kier alpha value is -2.50. The number of carboxylic acids is 1. The Morgan fingerprint density at radius 1 is 1.21 bits per heavy atom. The zero-order chi connectivity index (χ0) is 17.1. The average molecular weight is 330 g/mol. The molecule has 0 atom stereocenters. The van der Waals surface area contributed by atoms with Crippen molar-refractivity contribution in [1.29, 1.82) is 0 Å². The number of urea groups is 1. The molecule has 1 heterocycles. The van der Waals surface area contributed by atoms with E-state index < -0.39 is 5.97 Å². The molecule has 1 aliphatic carbocycles. The van der Waals surface area contributed by atoms with E-state index in [1.54, 1.807) is 0 Å². The molecule has 3 N–H and O–H groups in total. The summed E-state index contributed by atoms with van der Waals surface area (Å²) in [5, 5.41) is 15.8. The first-order valence-corrected chi connectivity index (χ1v) is 8.28. The quantitative estimate of drug-likeness (QED) is 0.803. The number of fused-ring (bicyclic) bond motifs is 1. The molecule has 0 radical (unpaired) electrons. The minimum absolute atomic E-state index is 0.0392. The van der Waals surface area contributed by atoms with Crippen LogP contribution < -0.4 is 10.6 Å². The standard InChI is InChI=1S/C18H22N2O4/c1-11-14-4-2-3-5-15(14)24-16(11)10-19-18(23)20-13-8-6-12(7-9-13)17(21)22/h2-5,12-13H,6-10H2,1H3,(H,21,22)(H2,19,20,23). The Kier molecular flexibility index (Phi) is 4.74. The van der Waals surface area contributed by atoms with E-state index in [0.717, 1.165) is 22.3 Å². The summed E-state index contributed by atoms with van der Waals surface area (Å²) in [6.07, 6.45) is 2.63. The Balaban J connectivity index is 1.50. The van der Waals surface area contributed by atoms with Crippen LogP contribution in [0.4, 0.5) is 4.79 Å². The lowest BCUT2D eigenvalue weighted by molar-refractivity contribution is -0.142. The van der Waals surface area contributed by atoms with Gasteiger partial charge in [-0.05, 0) is 38.7 Å². The highest BCUT2D eigenvalue weighted by atomic mass is 16.4. The molecule has 1 fully saturated rings. The second kappa shape index (κ2) is 6.95. The summed E-state index contributed by atoms with van der Waals surface area (Å²) >= 11 is 0. The number of carboxylic acid groups (broad SMARTS) is 1. The van der Waals surface area contributed by atoms with Gasteiger partial charge in [0.05, 0.1) is 12.5 Å². The predicted octanol–water partition coefficient (Wildman–Crippen LogP) is 3.18. The van der Waals surface area contributed by atoms with Crippen LogP contribution >= 0.6 is 0 Å². The number of aryl methyl sites for hydroxylation is 1. The third-order valence-electron chi connectivity index (χ3n) is 4.76. The lowest BCUT2D eigenvalue weighted by atomic mass is 9.86. The molecule has 0 spiro atoms. The third-order valence-corrected chi connectivity index (χ3v) is 4.76. The van der Waals surface area contributed by atoms with Crippen LogP contribution in [0.1, 0.15) is 37.0 Å². The Morgan fingerprint density at radius 2 is 1.92 bits per heavy atom. The fourth-order valence-corrected chi connectivity index (χ4v) is 3.28. The van der Waals surface area contributed by atoms with Crippen molar-refractivity contribution in [2.24, 2.45) is 5.92 Å². The molecule has 0 unspecified atom stereocenters. The van der Waals surface area contributed by atoms with Gasteiger partial charge in [-0.1, -0.05) is 18.2 Å². The summed E-state index contributed by atoms with van der Waals surface area (Å²) in [6.45, 7) is 2.31. The van der Waals surface area contributed by atoms with Crippen LogP contribution in [0, 0.1) is 12.8 Å². The van der Waals surface area contributed by atoms with Gasteiger partial charge < -0.3 is 20.2 Å². The number of carbonyl (C=O) groups is 2. The number of benzene rings is 1. The van der Waals surface area contributed by atoms with E-state index in [4.69, 9.17) is 9.52 Å². The number of hydrogen-bond donors (Lipinski definition) is 3. The number of nitrogens with one attached hydrogen (secondary N) is 2. The molecule has 2 aromatic rings. The van der Waals surface area contributed by atoms with Gasteiger partial charge in [-0.15, -0.1) is 0 Å². The summed E-state index contributed by atoms with van der Waals surface area (Å²) in [5.74, 6) is -0.261. The van der Waals surface area contributed by atoms with Crippen molar-refractivity contribution in [3.8, 4) is 0 Å². The summed E-state index contributed by atoms with van der Waals surface area (Å²) in [5.41, 5.74) is 1.85. The van der Waals surface area contributed by atoms with Crippen molar-refractivity contribution in [2.45, 2.75) is 45.2 Å². The maximum atomic E-state index is 12.0. The van der Waals surface area contributed by atoms with Gasteiger partial charge in [0.15, 0.2) is 0 Å². The molecule has 1 aromatic heterocycles. The number of rotatable bonds is 4. The van der Waals surface area contributed by atoms with Crippen molar-refractivity contribution < 1.29 is 19.1 Å². The monoisotopic (exact) mass is 330 g/mol. The Labute approximate surface area is 140 Å². The van der Waals surface area contributed by atoms with E-state index >= 15 is 0 Å². The van der Waals surface area contributed by atoms with Crippen molar-refractivity contribution in [2.75, 3.05) is 0 Å². The van der Waals surface area contributed by atoms with E-state index in [0.29, 0.717) is 32.2 Å². The van der Waals surface area contributed by atoms with E-state index in [1.165, 1.54) is 0 Å². The number of furan rings is 1. The predicted molar refractivity (Wildman–Crippen MR) is 89.7 cm³/mol. The smallest absolute Gasteiger partial charge is 0.315 e. The van der Waals surface area contributed by atoms with Crippen LogP contribution in [-0.2, 0) is 11.3 Å². The Bertz CT molecular complexity index is 745. The number of para-hydroxylation sites is 1. The third kappa shape index (κ3) is 3.53. The van der Waals surface area contributed by atoms with Crippen LogP contribution in [-0.4, -0.2) is 23.1 Å². The number of hydrogen-bond acceptors (Lipinski definition) is 3. The molecule has 6 heteroatoms. The van der Waals surface area contributed by atoms with Crippen molar-refractivity contribution >= 4 is 23.0 Å². The number of carbonyl (C=O) groups excluding carboxylic acids is 1. The lowest BCUT2D eigenvalue weighted by Crippen LogP contribution is -2.43. The molecule has 0 bridgehead atoms. The van der Waals surface area contributed by atoms with Gasteiger partial charge in [0, 0.05) is 17.0 Å². The topological polar surface area (TPSA) is 91.6 Å². The lowest BCUT2D eigenvalue weighted by Gasteiger charge is -2.26. The second-order valence-corrected chi connectivity index (χ2v) is 6.36. The second-order valence-electron chi connectivity index (χ2n) is 6.36. The fourth-order valence-electron chi connectivity index (χ4n) is 3.28. The van der Waals surface area contributed by atoms with E-state index in [2.05, 4.69) is 10.6 Å². The van der Waals surface area contributed by atoms with Crippen LogP contribution in [0.25, 0.3) is 11.0 Å². The molecule has 3 rings (SSSR count). The minimum Gasteiger partial charge on any atom is -0.481 e. The van der Waals surface area contributed by atoms with Crippen LogP contribution in [0.5, 0.6) is 0 Å². The highest BCUT2D eigenvalue weighted by Crippen LogP contribution is 2.25. The molecule has 1 aliphatic rings. The molecule has 1 saturated carbocycles. The highest BCUT2D eigenvalue weighted by molar-refractivity contribution is 5.82. The fraction of sp³-hybridized carbons (Fsp3) is 0.444. The first-order valence-electron chi connectivity index (χ1n) is 8.28. The normalized spacial score (nSPS) is 20.7. The van der Waals surface area contributed by atoms with Gasteiger partial charge in [0.2, 0.25) is 0 Å². The molecule has 0 aliphatic heterocycles. The molecular formula is C18H22N2O4. The van der Waals surface area contributed by atoms with E-state index in [-0.39, 0.29) is 18.0 Å². The van der Waals surface area contributed by atoms with Crippen molar-refractivity contribution in [3.63, 3.8) is 0 Å². The Morgan fingerprint density at radius 3 is 2.58 bits per heavy atom. The van der Waals surface area contributed by atoms with Gasteiger partial charge in [0.1, 0.15) is 11.3 Å². The molecule has 6 nitrogen and oxygen atoms in total. The first-order chi connectivity index (χ1) is 11.5. The van der Waals surface area contributed by atoms with Gasteiger partial charge in [-0.25, -0.2) is 4.79 Å². The molecular weight excluding hydrogens is 308 g/mol. The number of amides is 2. The van der Waals surface area contributed by atoms with Crippen molar-refractivity contribution in [3.05, 3.63) is 35.6 Å². The van der Waals surface area contributed by atoms with Gasteiger partial charge in [0.25, 0.3) is 0 Å². The maximum Gasteiger partial charge on any atom is 0.315 e. The highest BCUT2D eigenvalue weighted by Gasteiger charge is 2.26.